The first-order valence-electron chi connectivity index (χ1n) is 17.1. The summed E-state index contributed by atoms with van der Waals surface area (Å²) in [4.78, 5) is 7.30. The summed E-state index contributed by atoms with van der Waals surface area (Å²) in [7, 11) is 0. The van der Waals surface area contributed by atoms with E-state index >= 15 is 0 Å². The van der Waals surface area contributed by atoms with Crippen LogP contribution < -0.4 is 0 Å². The fourth-order valence-electron chi connectivity index (χ4n) is 6.35. The maximum Gasteiger partial charge on any atom is 0.0698 e. The summed E-state index contributed by atoms with van der Waals surface area (Å²) in [5.74, 6) is 4.82. The Morgan fingerprint density at radius 3 is 1.07 bits per heavy atom. The van der Waals surface area contributed by atoms with Gasteiger partial charge in [-0.3, -0.25) is 9.80 Å². The van der Waals surface area contributed by atoms with Crippen molar-refractivity contribution in [2.24, 2.45) is 29.6 Å². The van der Waals surface area contributed by atoms with Crippen LogP contribution in [0.4, 0.5) is 0 Å². The van der Waals surface area contributed by atoms with Crippen LogP contribution in [0.1, 0.15) is 123 Å². The quantitative estimate of drug-likeness (QED) is 0.296. The summed E-state index contributed by atoms with van der Waals surface area (Å²) in [5, 5.41) is 19.8. The molecule has 6 heteroatoms. The third kappa shape index (κ3) is 16.7. The molecule has 3 aliphatic heterocycles. The largest absolute Gasteiger partial charge is 0.391 e. The second kappa shape index (κ2) is 23.3. The Morgan fingerprint density at radius 1 is 0.537 bits per heavy atom. The summed E-state index contributed by atoms with van der Waals surface area (Å²) in [6.45, 7) is 37.4. The predicted octanol–water partition coefficient (Wildman–Crippen LogP) is 7.21. The Hall–Kier alpha value is 0.904. The van der Waals surface area contributed by atoms with Crippen molar-refractivity contribution in [1.82, 2.24) is 14.7 Å². The number of hydrogen-bond acceptors (Lipinski definition) is 5. The standard InChI is InChI=1S/2C11H23NO.C11H22N.C2H6.Y/c2*1-8(2)10-5-6-12(9(3)4)7-11(10)13;1-9(2)11-5-7-12(8-6-11)10(3)4;1-2;/h2*8-11,13H,5-7H2,1-4H3;9-10H,5-8H2,1-4H3;1-2H3;/q;;-1;;/t2*10-,11-;;;/m10.../s1. The SMILES string of the molecule is CC.CC(C)[C-]1CCN(C(C)C)CC1.CC(C)[C@@H]1CCN(C(C)C)C[C@@H]1O.CC(C)[C@H]1CCN(C(C)C)C[C@H]1O.[Y]. The van der Waals surface area contributed by atoms with E-state index in [2.05, 4.69) is 97.8 Å². The number of hydrogen-bond donors (Lipinski definition) is 2. The molecule has 41 heavy (non-hydrogen) atoms. The smallest absolute Gasteiger partial charge is 0.0698 e. The molecule has 0 unspecified atom stereocenters. The zero-order chi connectivity index (χ0) is 31.2. The van der Waals surface area contributed by atoms with Gasteiger partial charge in [0.15, 0.2) is 0 Å². The van der Waals surface area contributed by atoms with Gasteiger partial charge in [-0.25, -0.2) is 0 Å². The van der Waals surface area contributed by atoms with Crippen molar-refractivity contribution in [1.29, 1.82) is 0 Å². The Bertz CT molecular complexity index is 554. The number of nitrogens with zero attached hydrogens (tertiary/aromatic N) is 3. The first-order chi connectivity index (χ1) is 18.6. The summed E-state index contributed by atoms with van der Waals surface area (Å²) >= 11 is 0. The second-order valence-electron chi connectivity index (χ2n) is 14.1. The van der Waals surface area contributed by atoms with Crippen molar-refractivity contribution in [2.45, 2.75) is 153 Å². The van der Waals surface area contributed by atoms with Gasteiger partial charge in [-0.2, -0.15) is 18.8 Å². The van der Waals surface area contributed by atoms with E-state index in [0.717, 1.165) is 51.0 Å². The molecular weight excluding hydrogens is 583 g/mol. The summed E-state index contributed by atoms with van der Waals surface area (Å²) in [6.07, 6.45) is 4.73. The summed E-state index contributed by atoms with van der Waals surface area (Å²) < 4.78 is 0. The van der Waals surface area contributed by atoms with E-state index in [0.29, 0.717) is 35.8 Å². The van der Waals surface area contributed by atoms with Crippen molar-refractivity contribution >= 4 is 0 Å². The molecule has 3 rings (SSSR count). The van der Waals surface area contributed by atoms with Crippen LogP contribution in [0.15, 0.2) is 0 Å². The van der Waals surface area contributed by atoms with E-state index in [9.17, 15) is 10.2 Å². The van der Waals surface area contributed by atoms with E-state index in [1.807, 2.05) is 13.8 Å². The van der Waals surface area contributed by atoms with E-state index in [4.69, 9.17) is 0 Å². The zero-order valence-corrected chi connectivity index (χ0v) is 33.0. The maximum atomic E-state index is 9.92. The van der Waals surface area contributed by atoms with Gasteiger partial charge >= 0.3 is 0 Å². The Morgan fingerprint density at radius 2 is 0.854 bits per heavy atom. The third-order valence-corrected chi connectivity index (χ3v) is 9.49. The van der Waals surface area contributed by atoms with Gasteiger partial charge < -0.3 is 21.0 Å². The molecule has 0 amide bonds. The van der Waals surface area contributed by atoms with Crippen LogP contribution >= 0.6 is 0 Å². The first kappa shape index (κ1) is 44.0. The van der Waals surface area contributed by atoms with E-state index < -0.39 is 0 Å². The van der Waals surface area contributed by atoms with E-state index in [-0.39, 0.29) is 44.9 Å². The van der Waals surface area contributed by atoms with Gasteiger partial charge in [0.1, 0.15) is 0 Å². The normalized spacial score (nSPS) is 26.8. The molecular formula is C35H74N3O2Y-. The number of rotatable bonds is 6. The molecule has 0 aliphatic carbocycles. The summed E-state index contributed by atoms with van der Waals surface area (Å²) in [5.41, 5.74) is 0. The van der Waals surface area contributed by atoms with Gasteiger partial charge in [-0.05, 0) is 104 Å². The third-order valence-electron chi connectivity index (χ3n) is 9.49. The van der Waals surface area contributed by atoms with Crippen molar-refractivity contribution in [3.05, 3.63) is 5.92 Å². The van der Waals surface area contributed by atoms with Gasteiger partial charge in [-0.15, -0.1) is 0 Å². The van der Waals surface area contributed by atoms with Crippen LogP contribution in [-0.4, -0.2) is 94.5 Å². The number of β-amino-alcohol motifs (C(OH)–C–C–N with tert-alkyl or cyclic N) is 2. The average molecular weight is 658 g/mol. The van der Waals surface area contributed by atoms with Crippen molar-refractivity contribution < 1.29 is 42.9 Å². The molecule has 0 aromatic heterocycles. The molecule has 5 nitrogen and oxygen atoms in total. The zero-order valence-electron chi connectivity index (χ0n) is 30.2. The topological polar surface area (TPSA) is 50.2 Å². The molecule has 4 atom stereocenters. The van der Waals surface area contributed by atoms with Gasteiger partial charge in [0.2, 0.25) is 0 Å². The Balaban J connectivity index is 0. The average Bonchev–Trinajstić information content (AvgIpc) is 2.90. The van der Waals surface area contributed by atoms with E-state index in [1.165, 1.54) is 25.9 Å². The Kier molecular flexibility index (Phi) is 25.0. The number of aliphatic hydroxyl groups is 2. The van der Waals surface area contributed by atoms with Gasteiger partial charge in [-0.1, -0.05) is 55.4 Å². The first-order valence-corrected chi connectivity index (χ1v) is 17.1. The fraction of sp³-hybridized carbons (Fsp3) is 0.971. The molecule has 0 bridgehead atoms. The van der Waals surface area contributed by atoms with Gasteiger partial charge in [0.25, 0.3) is 0 Å². The fourth-order valence-corrected chi connectivity index (χ4v) is 6.35. The minimum absolute atomic E-state index is 0. The van der Waals surface area contributed by atoms with Crippen LogP contribution in [0, 0.1) is 35.5 Å². The van der Waals surface area contributed by atoms with Crippen LogP contribution in [0.5, 0.6) is 0 Å². The maximum absolute atomic E-state index is 9.92. The molecule has 1 radical (unpaired) electrons. The van der Waals surface area contributed by atoms with Crippen molar-refractivity contribution in [3.63, 3.8) is 0 Å². The van der Waals surface area contributed by atoms with Crippen molar-refractivity contribution in [3.8, 4) is 0 Å². The van der Waals surface area contributed by atoms with Gasteiger partial charge in [0.05, 0.1) is 12.2 Å². The van der Waals surface area contributed by atoms with E-state index in [1.54, 1.807) is 5.92 Å². The number of aliphatic hydroxyl groups excluding tert-OH is 2. The second-order valence-corrected chi connectivity index (χ2v) is 14.1. The number of likely N-dealkylation sites (tertiary alicyclic amines) is 3. The van der Waals surface area contributed by atoms with Crippen molar-refractivity contribution in [2.75, 3.05) is 39.3 Å². The predicted molar refractivity (Wildman–Crippen MR) is 177 cm³/mol. The molecule has 0 aromatic carbocycles. The molecule has 0 saturated carbocycles. The van der Waals surface area contributed by atoms with Crippen LogP contribution in [0.2, 0.25) is 0 Å². The number of piperidine rings is 3. The van der Waals surface area contributed by atoms with Crippen LogP contribution in [0.25, 0.3) is 0 Å². The Labute approximate surface area is 283 Å². The van der Waals surface area contributed by atoms with Gasteiger partial charge in [0, 0.05) is 63.9 Å². The minimum Gasteiger partial charge on any atom is -0.391 e. The molecule has 3 heterocycles. The van der Waals surface area contributed by atoms with Crippen LogP contribution in [-0.2, 0) is 32.7 Å². The molecule has 3 aliphatic rings. The minimum atomic E-state index is -0.115. The molecule has 3 saturated heterocycles. The molecule has 2 N–H and O–H groups in total. The molecule has 0 aromatic rings. The summed E-state index contributed by atoms with van der Waals surface area (Å²) in [6, 6.07) is 1.88. The molecule has 3 fully saturated rings. The molecule has 245 valence electrons. The molecule has 0 spiro atoms. The monoisotopic (exact) mass is 657 g/mol. The van der Waals surface area contributed by atoms with Crippen LogP contribution in [0.3, 0.4) is 0 Å².